The molecule has 4 heteroatoms. The summed E-state index contributed by atoms with van der Waals surface area (Å²) in [7, 11) is 0. The van der Waals surface area contributed by atoms with Crippen LogP contribution < -0.4 is 5.32 Å². The number of aromatic nitrogens is 1. The Kier molecular flexibility index (Phi) is 3.29. The van der Waals surface area contributed by atoms with Crippen LogP contribution in [-0.4, -0.2) is 10.9 Å². The molecule has 0 aliphatic heterocycles. The Morgan fingerprint density at radius 3 is 2.30 bits per heavy atom. The second-order valence-electron chi connectivity index (χ2n) is 4.22. The minimum Gasteiger partial charge on any atom is -0.442 e. The van der Waals surface area contributed by atoms with Crippen molar-refractivity contribution in [2.75, 3.05) is 5.32 Å². The van der Waals surface area contributed by atoms with E-state index in [-0.39, 0.29) is 5.91 Å². The molecule has 0 bridgehead atoms. The summed E-state index contributed by atoms with van der Waals surface area (Å²) >= 11 is 0. The normalized spacial score (nSPS) is 10.2. The Labute approximate surface area is 116 Å². The molecule has 0 saturated heterocycles. The number of oxazole rings is 1. The van der Waals surface area contributed by atoms with Gasteiger partial charge in [-0.2, -0.15) is 4.98 Å². The minimum absolute atomic E-state index is 0.210. The number of anilines is 1. The highest BCUT2D eigenvalue weighted by atomic mass is 16.3. The maximum atomic E-state index is 12.0. The fraction of sp³-hybridized carbons (Fsp3) is 0. The second-order valence-corrected chi connectivity index (χ2v) is 4.22. The highest BCUT2D eigenvalue weighted by Crippen LogP contribution is 2.20. The molecule has 98 valence electrons. The molecule has 0 fully saturated rings. The number of hydrogen-bond acceptors (Lipinski definition) is 3. The molecule has 0 aliphatic rings. The number of hydrogen-bond donors (Lipinski definition) is 1. The van der Waals surface area contributed by atoms with E-state index in [1.807, 2.05) is 48.5 Å². The van der Waals surface area contributed by atoms with Crippen molar-refractivity contribution in [3.63, 3.8) is 0 Å². The molecule has 1 aromatic heterocycles. The second kappa shape index (κ2) is 5.40. The van der Waals surface area contributed by atoms with Gasteiger partial charge in [0, 0.05) is 11.1 Å². The molecule has 2 aromatic carbocycles. The Bertz CT molecular complexity index is 706. The fourth-order valence-corrected chi connectivity index (χ4v) is 1.82. The summed E-state index contributed by atoms with van der Waals surface area (Å²) in [6, 6.07) is 18.5. The van der Waals surface area contributed by atoms with E-state index in [9.17, 15) is 4.79 Å². The van der Waals surface area contributed by atoms with Gasteiger partial charge in [-0.15, -0.1) is 0 Å². The predicted molar refractivity (Wildman–Crippen MR) is 76.3 cm³/mol. The molecular weight excluding hydrogens is 252 g/mol. The van der Waals surface area contributed by atoms with Crippen LogP contribution in [0.3, 0.4) is 0 Å². The fourth-order valence-electron chi connectivity index (χ4n) is 1.82. The number of nitrogens with one attached hydrogen (secondary N) is 1. The largest absolute Gasteiger partial charge is 0.442 e. The van der Waals surface area contributed by atoms with Gasteiger partial charge in [0.15, 0.2) is 5.82 Å². The molecule has 0 saturated carbocycles. The standard InChI is InChI=1S/C16H12N2O2/c19-15(12-7-3-1-4-8-12)17-14-11-20-16(18-14)13-9-5-2-6-10-13/h1-11H,(H,17,19). The van der Waals surface area contributed by atoms with E-state index in [1.165, 1.54) is 6.26 Å². The van der Waals surface area contributed by atoms with Gasteiger partial charge in [0.2, 0.25) is 5.89 Å². The van der Waals surface area contributed by atoms with Gasteiger partial charge in [0.05, 0.1) is 0 Å². The van der Waals surface area contributed by atoms with Crippen molar-refractivity contribution in [2.24, 2.45) is 0 Å². The molecule has 3 rings (SSSR count). The monoisotopic (exact) mass is 264 g/mol. The van der Waals surface area contributed by atoms with Gasteiger partial charge in [0.25, 0.3) is 5.91 Å². The summed E-state index contributed by atoms with van der Waals surface area (Å²) in [4.78, 5) is 16.2. The zero-order valence-corrected chi connectivity index (χ0v) is 10.6. The van der Waals surface area contributed by atoms with Crippen molar-refractivity contribution in [1.29, 1.82) is 0 Å². The lowest BCUT2D eigenvalue weighted by atomic mass is 10.2. The molecule has 20 heavy (non-hydrogen) atoms. The molecule has 0 atom stereocenters. The van der Waals surface area contributed by atoms with Gasteiger partial charge >= 0.3 is 0 Å². The maximum Gasteiger partial charge on any atom is 0.256 e. The van der Waals surface area contributed by atoms with Gasteiger partial charge < -0.3 is 9.73 Å². The lowest BCUT2D eigenvalue weighted by Crippen LogP contribution is -2.11. The first kappa shape index (κ1) is 12.2. The van der Waals surface area contributed by atoms with Crippen LogP contribution in [0.4, 0.5) is 5.82 Å². The van der Waals surface area contributed by atoms with Crippen molar-refractivity contribution in [2.45, 2.75) is 0 Å². The van der Waals surface area contributed by atoms with E-state index in [4.69, 9.17) is 4.42 Å². The summed E-state index contributed by atoms with van der Waals surface area (Å²) in [5.74, 6) is 0.671. The number of nitrogens with zero attached hydrogens (tertiary/aromatic N) is 1. The summed E-state index contributed by atoms with van der Waals surface area (Å²) in [5.41, 5.74) is 1.45. The highest BCUT2D eigenvalue weighted by Gasteiger charge is 2.10. The Balaban J connectivity index is 1.77. The van der Waals surface area contributed by atoms with Gasteiger partial charge in [-0.3, -0.25) is 4.79 Å². The van der Waals surface area contributed by atoms with Crippen molar-refractivity contribution in [3.05, 3.63) is 72.5 Å². The molecule has 0 radical (unpaired) electrons. The van der Waals surface area contributed by atoms with E-state index in [1.54, 1.807) is 12.1 Å². The third kappa shape index (κ3) is 2.59. The van der Waals surface area contributed by atoms with Gasteiger partial charge in [-0.05, 0) is 24.3 Å². The molecule has 0 aliphatic carbocycles. The van der Waals surface area contributed by atoms with Crippen LogP contribution in [0.2, 0.25) is 0 Å². The first-order valence-corrected chi connectivity index (χ1v) is 6.20. The van der Waals surface area contributed by atoms with Crippen molar-refractivity contribution in [3.8, 4) is 11.5 Å². The molecule has 1 amide bonds. The third-order valence-corrected chi connectivity index (χ3v) is 2.80. The first-order chi connectivity index (χ1) is 9.83. The lowest BCUT2D eigenvalue weighted by Gasteiger charge is -2.00. The molecular formula is C16H12N2O2. The van der Waals surface area contributed by atoms with Crippen LogP contribution in [-0.2, 0) is 0 Å². The summed E-state index contributed by atoms with van der Waals surface area (Å²) < 4.78 is 5.36. The third-order valence-electron chi connectivity index (χ3n) is 2.80. The summed E-state index contributed by atoms with van der Waals surface area (Å²) in [6.07, 6.45) is 1.43. The van der Waals surface area contributed by atoms with Crippen LogP contribution >= 0.6 is 0 Å². The quantitative estimate of drug-likeness (QED) is 0.786. The molecule has 1 heterocycles. The number of rotatable bonds is 3. The van der Waals surface area contributed by atoms with E-state index in [2.05, 4.69) is 10.3 Å². The average molecular weight is 264 g/mol. The topological polar surface area (TPSA) is 55.1 Å². The average Bonchev–Trinajstić information content (AvgIpc) is 2.97. The molecule has 1 N–H and O–H groups in total. The number of carbonyl (C=O) groups excluding carboxylic acids is 1. The van der Waals surface area contributed by atoms with Crippen LogP contribution in [0, 0.1) is 0 Å². The Hall–Kier alpha value is -2.88. The molecule has 4 nitrogen and oxygen atoms in total. The van der Waals surface area contributed by atoms with Crippen LogP contribution in [0.15, 0.2) is 71.3 Å². The smallest absolute Gasteiger partial charge is 0.256 e. The zero-order chi connectivity index (χ0) is 13.8. The Morgan fingerprint density at radius 1 is 0.950 bits per heavy atom. The first-order valence-electron chi connectivity index (χ1n) is 6.20. The summed E-state index contributed by atoms with van der Waals surface area (Å²) in [5, 5.41) is 2.70. The lowest BCUT2D eigenvalue weighted by molar-refractivity contribution is 0.102. The highest BCUT2D eigenvalue weighted by molar-refractivity contribution is 6.03. The number of amides is 1. The van der Waals surface area contributed by atoms with E-state index < -0.39 is 0 Å². The van der Waals surface area contributed by atoms with E-state index in [0.717, 1.165) is 5.56 Å². The number of carbonyl (C=O) groups is 1. The van der Waals surface area contributed by atoms with Crippen molar-refractivity contribution >= 4 is 11.7 Å². The molecule has 3 aromatic rings. The Morgan fingerprint density at radius 2 is 1.60 bits per heavy atom. The van der Waals surface area contributed by atoms with Crippen LogP contribution in [0.1, 0.15) is 10.4 Å². The van der Waals surface area contributed by atoms with Gasteiger partial charge in [-0.1, -0.05) is 36.4 Å². The van der Waals surface area contributed by atoms with E-state index in [0.29, 0.717) is 17.3 Å². The van der Waals surface area contributed by atoms with Crippen LogP contribution in [0.5, 0.6) is 0 Å². The predicted octanol–water partition coefficient (Wildman–Crippen LogP) is 3.59. The van der Waals surface area contributed by atoms with Gasteiger partial charge in [0.1, 0.15) is 6.26 Å². The van der Waals surface area contributed by atoms with Crippen molar-refractivity contribution in [1.82, 2.24) is 4.98 Å². The zero-order valence-electron chi connectivity index (χ0n) is 10.6. The SMILES string of the molecule is O=C(Nc1coc(-c2ccccc2)n1)c1ccccc1. The maximum absolute atomic E-state index is 12.0. The van der Waals surface area contributed by atoms with E-state index >= 15 is 0 Å². The molecule has 0 spiro atoms. The number of benzene rings is 2. The molecule has 0 unspecified atom stereocenters. The summed E-state index contributed by atoms with van der Waals surface area (Å²) in [6.45, 7) is 0. The van der Waals surface area contributed by atoms with Crippen LogP contribution in [0.25, 0.3) is 11.5 Å². The van der Waals surface area contributed by atoms with Crippen molar-refractivity contribution < 1.29 is 9.21 Å². The van der Waals surface area contributed by atoms with Gasteiger partial charge in [-0.25, -0.2) is 0 Å². The minimum atomic E-state index is -0.210.